The van der Waals surface area contributed by atoms with Crippen LogP contribution >= 0.6 is 0 Å². The standard InChI is InChI=1S/C19H20O/c1-15(11-12-16-7-3-2-4-8-16)18-14-13-17-9-5-6-10-19(17)20-18/h2-10H,11-14H2,1H3/b18-15-. The van der Waals surface area contributed by atoms with Gasteiger partial charge in [0.2, 0.25) is 0 Å². The predicted octanol–water partition coefficient (Wildman–Crippen LogP) is 4.92. The van der Waals surface area contributed by atoms with Crippen molar-refractivity contribution >= 4 is 0 Å². The lowest BCUT2D eigenvalue weighted by molar-refractivity contribution is 0.369. The highest BCUT2D eigenvalue weighted by molar-refractivity contribution is 5.38. The minimum Gasteiger partial charge on any atom is -0.461 e. The van der Waals surface area contributed by atoms with E-state index in [2.05, 4.69) is 55.5 Å². The molecule has 0 aliphatic carbocycles. The fourth-order valence-electron chi connectivity index (χ4n) is 2.66. The van der Waals surface area contributed by atoms with Gasteiger partial charge < -0.3 is 4.74 Å². The Labute approximate surface area is 120 Å². The van der Waals surface area contributed by atoms with Crippen molar-refractivity contribution < 1.29 is 4.74 Å². The Morgan fingerprint density at radius 3 is 2.55 bits per heavy atom. The second kappa shape index (κ2) is 5.96. The fourth-order valence-corrected chi connectivity index (χ4v) is 2.66. The molecule has 0 unspecified atom stereocenters. The van der Waals surface area contributed by atoms with E-state index in [0.717, 1.165) is 31.4 Å². The van der Waals surface area contributed by atoms with Crippen molar-refractivity contribution in [3.63, 3.8) is 0 Å². The molecule has 0 bridgehead atoms. The molecule has 0 N–H and O–H groups in total. The van der Waals surface area contributed by atoms with Crippen LogP contribution in [0.2, 0.25) is 0 Å². The van der Waals surface area contributed by atoms with E-state index in [9.17, 15) is 0 Å². The maximum Gasteiger partial charge on any atom is 0.130 e. The van der Waals surface area contributed by atoms with Crippen LogP contribution in [0.5, 0.6) is 5.75 Å². The largest absolute Gasteiger partial charge is 0.461 e. The van der Waals surface area contributed by atoms with E-state index >= 15 is 0 Å². The summed E-state index contributed by atoms with van der Waals surface area (Å²) in [5.41, 5.74) is 4.10. The number of allylic oxidation sites excluding steroid dienone is 2. The van der Waals surface area contributed by atoms with Crippen molar-refractivity contribution in [2.24, 2.45) is 0 Å². The highest BCUT2D eigenvalue weighted by Crippen LogP contribution is 2.31. The third-order valence-corrected chi connectivity index (χ3v) is 3.93. The molecule has 0 aromatic heterocycles. The van der Waals surface area contributed by atoms with Gasteiger partial charge in [-0.2, -0.15) is 0 Å². The predicted molar refractivity (Wildman–Crippen MR) is 82.9 cm³/mol. The molecule has 0 radical (unpaired) electrons. The molecule has 0 spiro atoms. The minimum atomic E-state index is 1.03. The third kappa shape index (κ3) is 2.93. The fraction of sp³-hybridized carbons (Fsp3) is 0.263. The summed E-state index contributed by atoms with van der Waals surface area (Å²) in [6.07, 6.45) is 4.27. The Balaban J connectivity index is 1.69. The highest BCUT2D eigenvalue weighted by atomic mass is 16.5. The molecule has 3 rings (SSSR count). The molecule has 0 amide bonds. The van der Waals surface area contributed by atoms with Crippen LogP contribution in [-0.4, -0.2) is 0 Å². The summed E-state index contributed by atoms with van der Waals surface area (Å²) in [5.74, 6) is 2.20. The van der Waals surface area contributed by atoms with Crippen LogP contribution in [0.1, 0.15) is 30.9 Å². The second-order valence-corrected chi connectivity index (χ2v) is 5.40. The quantitative estimate of drug-likeness (QED) is 0.764. The van der Waals surface area contributed by atoms with Gasteiger partial charge >= 0.3 is 0 Å². The number of benzene rings is 2. The number of rotatable bonds is 3. The SMILES string of the molecule is C/C(CCc1ccccc1)=C1\CCc2ccccc2O1. The summed E-state index contributed by atoms with van der Waals surface area (Å²) in [4.78, 5) is 0. The summed E-state index contributed by atoms with van der Waals surface area (Å²) in [6, 6.07) is 19.0. The Morgan fingerprint density at radius 1 is 0.950 bits per heavy atom. The van der Waals surface area contributed by atoms with Crippen LogP contribution in [0.3, 0.4) is 0 Å². The molecule has 102 valence electrons. The average Bonchev–Trinajstić information content (AvgIpc) is 2.53. The van der Waals surface area contributed by atoms with E-state index < -0.39 is 0 Å². The number of para-hydroxylation sites is 1. The molecular formula is C19H20O. The monoisotopic (exact) mass is 264 g/mol. The maximum absolute atomic E-state index is 6.06. The summed E-state index contributed by atoms with van der Waals surface area (Å²) in [6.45, 7) is 2.20. The van der Waals surface area contributed by atoms with Crippen LogP contribution in [0, 0.1) is 0 Å². The lowest BCUT2D eigenvalue weighted by Gasteiger charge is -2.21. The molecule has 2 aromatic rings. The average molecular weight is 264 g/mol. The van der Waals surface area contributed by atoms with Gasteiger partial charge in [0.05, 0.1) is 0 Å². The van der Waals surface area contributed by atoms with Crippen LogP contribution in [0.25, 0.3) is 0 Å². The highest BCUT2D eigenvalue weighted by Gasteiger charge is 2.15. The van der Waals surface area contributed by atoms with E-state index in [4.69, 9.17) is 4.74 Å². The van der Waals surface area contributed by atoms with Gasteiger partial charge in [-0.15, -0.1) is 0 Å². The van der Waals surface area contributed by atoms with Crippen molar-refractivity contribution in [3.05, 3.63) is 77.1 Å². The van der Waals surface area contributed by atoms with Gasteiger partial charge in [-0.05, 0) is 49.0 Å². The van der Waals surface area contributed by atoms with Crippen LogP contribution in [0.15, 0.2) is 65.9 Å². The molecule has 0 saturated carbocycles. The molecule has 1 heteroatoms. The van der Waals surface area contributed by atoms with E-state index in [-0.39, 0.29) is 0 Å². The number of hydrogen-bond donors (Lipinski definition) is 0. The molecule has 0 atom stereocenters. The zero-order valence-corrected chi connectivity index (χ0v) is 11.9. The van der Waals surface area contributed by atoms with Gasteiger partial charge in [0.15, 0.2) is 0 Å². The van der Waals surface area contributed by atoms with Gasteiger partial charge in [0.1, 0.15) is 11.5 Å². The Kier molecular flexibility index (Phi) is 3.87. The summed E-state index contributed by atoms with van der Waals surface area (Å²) in [5, 5.41) is 0. The number of hydrogen-bond acceptors (Lipinski definition) is 1. The van der Waals surface area contributed by atoms with Crippen molar-refractivity contribution in [3.8, 4) is 5.75 Å². The van der Waals surface area contributed by atoms with E-state index in [1.807, 2.05) is 6.07 Å². The first-order chi connectivity index (χ1) is 9.83. The first kappa shape index (κ1) is 13.0. The normalized spacial score (nSPS) is 16.2. The molecule has 0 fully saturated rings. The maximum atomic E-state index is 6.06. The topological polar surface area (TPSA) is 9.23 Å². The van der Waals surface area contributed by atoms with Gasteiger partial charge in [0.25, 0.3) is 0 Å². The van der Waals surface area contributed by atoms with E-state index in [0.29, 0.717) is 0 Å². The first-order valence-electron chi connectivity index (χ1n) is 7.31. The zero-order valence-electron chi connectivity index (χ0n) is 11.9. The van der Waals surface area contributed by atoms with Gasteiger partial charge in [0, 0.05) is 6.42 Å². The Morgan fingerprint density at radius 2 is 1.70 bits per heavy atom. The minimum absolute atomic E-state index is 1.03. The summed E-state index contributed by atoms with van der Waals surface area (Å²) >= 11 is 0. The van der Waals surface area contributed by atoms with Crippen LogP contribution in [0.4, 0.5) is 0 Å². The van der Waals surface area contributed by atoms with Crippen LogP contribution in [-0.2, 0) is 12.8 Å². The number of ether oxygens (including phenoxy) is 1. The molecule has 1 aliphatic heterocycles. The third-order valence-electron chi connectivity index (χ3n) is 3.93. The van der Waals surface area contributed by atoms with Gasteiger partial charge in [-0.3, -0.25) is 0 Å². The van der Waals surface area contributed by atoms with Crippen LogP contribution < -0.4 is 4.74 Å². The van der Waals surface area contributed by atoms with Crippen molar-refractivity contribution in [1.82, 2.24) is 0 Å². The van der Waals surface area contributed by atoms with Crippen molar-refractivity contribution in [1.29, 1.82) is 0 Å². The molecule has 1 aliphatic rings. The second-order valence-electron chi connectivity index (χ2n) is 5.40. The van der Waals surface area contributed by atoms with E-state index in [1.165, 1.54) is 22.5 Å². The zero-order chi connectivity index (χ0) is 13.8. The number of aryl methyl sites for hydroxylation is 2. The molecule has 0 saturated heterocycles. The Bertz CT molecular complexity index is 611. The summed E-state index contributed by atoms with van der Waals surface area (Å²) < 4.78 is 6.06. The summed E-state index contributed by atoms with van der Waals surface area (Å²) in [7, 11) is 0. The van der Waals surface area contributed by atoms with Crippen molar-refractivity contribution in [2.75, 3.05) is 0 Å². The molecule has 20 heavy (non-hydrogen) atoms. The smallest absolute Gasteiger partial charge is 0.130 e. The molecule has 1 nitrogen and oxygen atoms in total. The Hall–Kier alpha value is -2.02. The number of fused-ring (bicyclic) bond motifs is 1. The van der Waals surface area contributed by atoms with Gasteiger partial charge in [-0.1, -0.05) is 48.5 Å². The van der Waals surface area contributed by atoms with Crippen molar-refractivity contribution in [2.45, 2.75) is 32.6 Å². The lowest BCUT2D eigenvalue weighted by atomic mass is 9.99. The molecular weight excluding hydrogens is 244 g/mol. The van der Waals surface area contributed by atoms with Gasteiger partial charge in [-0.25, -0.2) is 0 Å². The molecule has 1 heterocycles. The lowest BCUT2D eigenvalue weighted by Crippen LogP contribution is -2.09. The van der Waals surface area contributed by atoms with E-state index in [1.54, 1.807) is 0 Å². The first-order valence-corrected chi connectivity index (χ1v) is 7.31. The molecule has 2 aromatic carbocycles.